The normalized spacial score (nSPS) is 14.2. The first-order valence-electron chi connectivity index (χ1n) is 6.40. The number of ether oxygens (including phenoxy) is 1. The van der Waals surface area contributed by atoms with E-state index < -0.39 is 0 Å². The highest BCUT2D eigenvalue weighted by atomic mass is 32.1. The van der Waals surface area contributed by atoms with Crippen molar-refractivity contribution in [3.05, 3.63) is 16.5 Å². The molecule has 0 radical (unpaired) electrons. The number of nitrogens with zero attached hydrogens (tertiary/aromatic N) is 1. The Bertz CT molecular complexity index is 468. The van der Waals surface area contributed by atoms with Crippen LogP contribution in [-0.4, -0.2) is 25.5 Å². The van der Waals surface area contributed by atoms with Crippen LogP contribution < -0.4 is 10.4 Å². The van der Waals surface area contributed by atoms with Crippen LogP contribution in [0.25, 0.3) is 0 Å². The number of carbonyl (C=O) groups is 2. The van der Waals surface area contributed by atoms with Gasteiger partial charge in [0.1, 0.15) is 5.00 Å². The van der Waals surface area contributed by atoms with Crippen LogP contribution in [0.1, 0.15) is 35.7 Å². The van der Waals surface area contributed by atoms with E-state index in [-0.39, 0.29) is 5.97 Å². The minimum Gasteiger partial charge on any atom is -0.462 e. The summed E-state index contributed by atoms with van der Waals surface area (Å²) in [5, 5.41) is 3.85. The van der Waals surface area contributed by atoms with Gasteiger partial charge in [-0.1, -0.05) is 0 Å². The van der Waals surface area contributed by atoms with Gasteiger partial charge in [0.2, 0.25) is 6.41 Å². The van der Waals surface area contributed by atoms with Gasteiger partial charge in [0.25, 0.3) is 0 Å². The maximum Gasteiger partial charge on any atom is 0.341 e. The van der Waals surface area contributed by atoms with Gasteiger partial charge in [-0.3, -0.25) is 4.79 Å². The van der Waals surface area contributed by atoms with E-state index in [0.29, 0.717) is 29.5 Å². The molecule has 1 heterocycles. The first kappa shape index (κ1) is 14.0. The molecule has 0 bridgehead atoms. The number of thiophene rings is 1. The summed E-state index contributed by atoms with van der Waals surface area (Å²) in [7, 11) is 0. The van der Waals surface area contributed by atoms with Crippen molar-refractivity contribution in [3.63, 3.8) is 0 Å². The molecule has 1 aliphatic rings. The van der Waals surface area contributed by atoms with Crippen molar-refractivity contribution >= 4 is 28.7 Å². The number of nitrogens with one attached hydrogen (secondary N) is 1. The van der Waals surface area contributed by atoms with Gasteiger partial charge in [0, 0.05) is 6.54 Å². The van der Waals surface area contributed by atoms with Crippen LogP contribution in [-0.2, 0) is 9.53 Å². The standard InChI is InChI=1S/C13H18N2O3S/c1-3-18-13(17)11-9(2)7-19-12(11)15(8-16)14-6-10-4-5-10/h7-8,10,14H,3-6H2,1-2H3. The summed E-state index contributed by atoms with van der Waals surface area (Å²) in [4.78, 5) is 23.1. The average molecular weight is 282 g/mol. The van der Waals surface area contributed by atoms with E-state index in [1.54, 1.807) is 6.92 Å². The van der Waals surface area contributed by atoms with Gasteiger partial charge in [0.05, 0.1) is 12.2 Å². The van der Waals surface area contributed by atoms with E-state index in [4.69, 9.17) is 4.74 Å². The zero-order valence-corrected chi connectivity index (χ0v) is 12.0. The highest BCUT2D eigenvalue weighted by Crippen LogP contribution is 2.32. The van der Waals surface area contributed by atoms with Crippen molar-refractivity contribution in [1.82, 2.24) is 5.43 Å². The lowest BCUT2D eigenvalue weighted by atomic mass is 10.2. The fourth-order valence-electron chi connectivity index (χ4n) is 1.77. The Morgan fingerprint density at radius 3 is 2.95 bits per heavy atom. The zero-order chi connectivity index (χ0) is 13.8. The van der Waals surface area contributed by atoms with Gasteiger partial charge >= 0.3 is 5.97 Å². The van der Waals surface area contributed by atoms with Crippen LogP contribution in [0.3, 0.4) is 0 Å². The molecule has 1 saturated carbocycles. The molecule has 0 aromatic carbocycles. The molecule has 1 aromatic heterocycles. The molecule has 1 N–H and O–H groups in total. The largest absolute Gasteiger partial charge is 0.462 e. The van der Waals surface area contributed by atoms with Crippen molar-refractivity contribution in [3.8, 4) is 0 Å². The van der Waals surface area contributed by atoms with E-state index in [1.807, 2.05) is 12.3 Å². The van der Waals surface area contributed by atoms with Crippen LogP contribution >= 0.6 is 11.3 Å². The fourth-order valence-corrected chi connectivity index (χ4v) is 2.76. The molecular formula is C13H18N2O3S. The number of hydrogen-bond acceptors (Lipinski definition) is 5. The Morgan fingerprint density at radius 1 is 1.63 bits per heavy atom. The lowest BCUT2D eigenvalue weighted by Gasteiger charge is -2.18. The summed E-state index contributed by atoms with van der Waals surface area (Å²) in [6, 6.07) is 0. The molecule has 1 aliphatic carbocycles. The SMILES string of the molecule is CCOC(=O)c1c(C)csc1N(C=O)NCC1CC1. The third-order valence-electron chi connectivity index (χ3n) is 3.01. The molecule has 19 heavy (non-hydrogen) atoms. The smallest absolute Gasteiger partial charge is 0.341 e. The van der Waals surface area contributed by atoms with Crippen LogP contribution in [0, 0.1) is 12.8 Å². The maximum absolute atomic E-state index is 11.9. The lowest BCUT2D eigenvalue weighted by molar-refractivity contribution is -0.108. The lowest BCUT2D eigenvalue weighted by Crippen LogP contribution is -2.38. The molecule has 0 saturated heterocycles. The Morgan fingerprint density at radius 2 is 2.37 bits per heavy atom. The Hall–Kier alpha value is -1.40. The summed E-state index contributed by atoms with van der Waals surface area (Å²) in [6.07, 6.45) is 3.11. The Balaban J connectivity index is 2.16. The summed E-state index contributed by atoms with van der Waals surface area (Å²) in [5.41, 5.74) is 4.37. The Labute approximate surface area is 116 Å². The molecule has 6 heteroatoms. The minimum atomic E-state index is -0.378. The predicted octanol–water partition coefficient (Wildman–Crippen LogP) is 2.11. The molecule has 1 amide bonds. The molecule has 0 spiro atoms. The van der Waals surface area contributed by atoms with Gasteiger partial charge < -0.3 is 4.74 Å². The molecular weight excluding hydrogens is 264 g/mol. The van der Waals surface area contributed by atoms with Crippen LogP contribution in [0.5, 0.6) is 0 Å². The van der Waals surface area contributed by atoms with Gasteiger partial charge in [-0.15, -0.1) is 11.3 Å². The van der Waals surface area contributed by atoms with E-state index in [2.05, 4.69) is 5.43 Å². The highest BCUT2D eigenvalue weighted by Gasteiger charge is 2.25. The first-order chi connectivity index (χ1) is 9.17. The predicted molar refractivity (Wildman–Crippen MR) is 74.3 cm³/mol. The first-order valence-corrected chi connectivity index (χ1v) is 7.28. The molecule has 5 nitrogen and oxygen atoms in total. The van der Waals surface area contributed by atoms with E-state index >= 15 is 0 Å². The fraction of sp³-hybridized carbons (Fsp3) is 0.538. The van der Waals surface area contributed by atoms with Crippen molar-refractivity contribution in [2.75, 3.05) is 18.2 Å². The van der Waals surface area contributed by atoms with E-state index in [1.165, 1.54) is 29.2 Å². The molecule has 2 rings (SSSR count). The third-order valence-corrected chi connectivity index (χ3v) is 4.10. The molecule has 0 aliphatic heterocycles. The average Bonchev–Trinajstić information content (AvgIpc) is 3.13. The Kier molecular flexibility index (Phi) is 4.55. The number of rotatable bonds is 7. The van der Waals surface area contributed by atoms with Crippen molar-refractivity contribution < 1.29 is 14.3 Å². The van der Waals surface area contributed by atoms with Gasteiger partial charge in [-0.2, -0.15) is 0 Å². The summed E-state index contributed by atoms with van der Waals surface area (Å²) >= 11 is 1.37. The summed E-state index contributed by atoms with van der Waals surface area (Å²) < 4.78 is 5.04. The highest BCUT2D eigenvalue weighted by molar-refractivity contribution is 7.15. The third kappa shape index (κ3) is 3.33. The molecule has 0 atom stereocenters. The molecule has 1 fully saturated rings. The monoisotopic (exact) mass is 282 g/mol. The number of amides is 1. The quantitative estimate of drug-likeness (QED) is 0.473. The number of aryl methyl sites for hydroxylation is 1. The molecule has 104 valence electrons. The van der Waals surface area contributed by atoms with Crippen molar-refractivity contribution in [2.45, 2.75) is 26.7 Å². The van der Waals surface area contributed by atoms with Gasteiger partial charge in [-0.05, 0) is 43.6 Å². The second kappa shape index (κ2) is 6.16. The molecule has 1 aromatic rings. The minimum absolute atomic E-state index is 0.324. The summed E-state index contributed by atoms with van der Waals surface area (Å²) in [5.74, 6) is 0.269. The van der Waals surface area contributed by atoms with Gasteiger partial charge in [0.15, 0.2) is 0 Å². The number of esters is 1. The van der Waals surface area contributed by atoms with E-state index in [0.717, 1.165) is 12.1 Å². The number of anilines is 1. The van der Waals surface area contributed by atoms with Crippen LogP contribution in [0.4, 0.5) is 5.00 Å². The van der Waals surface area contributed by atoms with Crippen LogP contribution in [0.15, 0.2) is 5.38 Å². The van der Waals surface area contributed by atoms with Crippen LogP contribution in [0.2, 0.25) is 0 Å². The maximum atomic E-state index is 11.9. The zero-order valence-electron chi connectivity index (χ0n) is 11.1. The second-order valence-electron chi connectivity index (χ2n) is 4.60. The number of hydrazine groups is 1. The number of carbonyl (C=O) groups excluding carboxylic acids is 2. The second-order valence-corrected chi connectivity index (χ2v) is 5.46. The van der Waals surface area contributed by atoms with Crippen molar-refractivity contribution in [2.24, 2.45) is 5.92 Å². The topological polar surface area (TPSA) is 58.6 Å². The number of hydrogen-bond donors (Lipinski definition) is 1. The van der Waals surface area contributed by atoms with Gasteiger partial charge in [-0.25, -0.2) is 15.2 Å². The van der Waals surface area contributed by atoms with E-state index in [9.17, 15) is 9.59 Å². The molecule has 0 unspecified atom stereocenters. The summed E-state index contributed by atoms with van der Waals surface area (Å²) in [6.45, 7) is 4.69. The van der Waals surface area contributed by atoms with Crippen molar-refractivity contribution in [1.29, 1.82) is 0 Å².